The molecule has 146 valence electrons. The highest BCUT2D eigenvalue weighted by molar-refractivity contribution is 5.30. The molecule has 2 aromatic carbocycles. The molecule has 0 aliphatic heterocycles. The molecule has 0 aliphatic carbocycles. The third-order valence-corrected chi connectivity index (χ3v) is 4.73. The first-order chi connectivity index (χ1) is 13.7. The van der Waals surface area contributed by atoms with Crippen molar-refractivity contribution in [2.75, 3.05) is 6.61 Å². The predicted molar refractivity (Wildman–Crippen MR) is 110 cm³/mol. The molecule has 3 rings (SSSR count). The molecule has 0 saturated carbocycles. The summed E-state index contributed by atoms with van der Waals surface area (Å²) < 4.78 is 5.71. The lowest BCUT2D eigenvalue weighted by molar-refractivity contribution is 0.0784. The van der Waals surface area contributed by atoms with Gasteiger partial charge in [0.25, 0.3) is 0 Å². The van der Waals surface area contributed by atoms with Gasteiger partial charge in [0.15, 0.2) is 0 Å². The van der Waals surface area contributed by atoms with Crippen LogP contribution in [-0.2, 0) is 13.1 Å². The third kappa shape index (κ3) is 5.62. The Bertz CT molecular complexity index is 823. The van der Waals surface area contributed by atoms with Crippen LogP contribution < -0.4 is 4.74 Å². The van der Waals surface area contributed by atoms with Gasteiger partial charge in [0.1, 0.15) is 5.75 Å². The van der Waals surface area contributed by atoms with Gasteiger partial charge >= 0.3 is 0 Å². The lowest BCUT2D eigenvalue weighted by atomic mass is 10.0. The van der Waals surface area contributed by atoms with Gasteiger partial charge in [0.2, 0.25) is 5.88 Å². The molecule has 0 saturated heterocycles. The molecule has 1 heterocycles. The molecule has 5 nitrogen and oxygen atoms in total. The molecule has 0 amide bonds. The van der Waals surface area contributed by atoms with Crippen molar-refractivity contribution in [3.63, 3.8) is 0 Å². The first-order valence-electron chi connectivity index (χ1n) is 9.57. The third-order valence-electron chi connectivity index (χ3n) is 4.73. The summed E-state index contributed by atoms with van der Waals surface area (Å²) in [7, 11) is 0. The van der Waals surface area contributed by atoms with Gasteiger partial charge in [0, 0.05) is 31.5 Å². The van der Waals surface area contributed by atoms with Gasteiger partial charge in [-0.1, -0.05) is 56.3 Å². The van der Waals surface area contributed by atoms with Crippen LogP contribution in [-0.4, -0.2) is 32.6 Å². The maximum atomic E-state index is 9.96. The predicted octanol–water partition coefficient (Wildman–Crippen LogP) is 4.29. The van der Waals surface area contributed by atoms with Gasteiger partial charge in [0.05, 0.1) is 12.8 Å². The van der Waals surface area contributed by atoms with E-state index in [1.54, 1.807) is 18.6 Å². The maximum absolute atomic E-state index is 9.96. The second-order valence-corrected chi connectivity index (χ2v) is 7.17. The number of rotatable bonds is 9. The SMILES string of the molecule is CC(C)[C@@H](CO)N(Cc1ccccc1)Cc1ccc(Oc2cnccn2)cc1. The lowest BCUT2D eigenvalue weighted by Crippen LogP contribution is -2.40. The van der Waals surface area contributed by atoms with Crippen molar-refractivity contribution < 1.29 is 9.84 Å². The van der Waals surface area contributed by atoms with Crippen LogP contribution in [0.5, 0.6) is 11.6 Å². The smallest absolute Gasteiger partial charge is 0.237 e. The Morgan fingerprint density at radius 1 is 0.929 bits per heavy atom. The molecule has 28 heavy (non-hydrogen) atoms. The Labute approximate surface area is 166 Å². The van der Waals surface area contributed by atoms with Crippen LogP contribution in [0, 0.1) is 5.92 Å². The Hall–Kier alpha value is -2.76. The molecule has 1 N–H and O–H groups in total. The monoisotopic (exact) mass is 377 g/mol. The quantitative estimate of drug-likeness (QED) is 0.603. The normalized spacial score (nSPS) is 12.3. The van der Waals surface area contributed by atoms with Crippen LogP contribution in [0.4, 0.5) is 0 Å². The van der Waals surface area contributed by atoms with Crippen LogP contribution in [0.2, 0.25) is 0 Å². The highest BCUT2D eigenvalue weighted by atomic mass is 16.5. The van der Waals surface area contributed by atoms with Gasteiger partial charge < -0.3 is 9.84 Å². The molecule has 0 fully saturated rings. The number of aliphatic hydroxyl groups excluding tert-OH is 1. The van der Waals surface area contributed by atoms with E-state index < -0.39 is 0 Å². The number of aliphatic hydroxyl groups is 1. The first kappa shape index (κ1) is 20.0. The van der Waals surface area contributed by atoms with Crippen LogP contribution in [0.1, 0.15) is 25.0 Å². The molecule has 0 aliphatic rings. The minimum atomic E-state index is 0.0933. The Morgan fingerprint density at radius 2 is 1.61 bits per heavy atom. The van der Waals surface area contributed by atoms with E-state index in [9.17, 15) is 5.11 Å². The highest BCUT2D eigenvalue weighted by Gasteiger charge is 2.21. The Morgan fingerprint density at radius 3 is 2.18 bits per heavy atom. The topological polar surface area (TPSA) is 58.5 Å². The molecule has 1 atom stereocenters. The fraction of sp³-hybridized carbons (Fsp3) is 0.304. The molecule has 0 radical (unpaired) electrons. The highest BCUT2D eigenvalue weighted by Crippen LogP contribution is 2.22. The van der Waals surface area contributed by atoms with Crippen LogP contribution in [0.25, 0.3) is 0 Å². The standard InChI is InChI=1S/C23H27N3O2/c1-18(2)22(17-27)26(15-19-6-4-3-5-7-19)16-20-8-10-21(11-9-20)28-23-14-24-12-13-25-23/h3-14,18,22,27H,15-17H2,1-2H3/t22-/m1/s1. The summed E-state index contributed by atoms with van der Waals surface area (Å²) in [6.07, 6.45) is 4.81. The van der Waals surface area contributed by atoms with E-state index in [0.717, 1.165) is 18.8 Å². The van der Waals surface area contributed by atoms with Gasteiger partial charge in [-0.3, -0.25) is 9.88 Å². The summed E-state index contributed by atoms with van der Waals surface area (Å²) in [5.74, 6) is 1.55. The summed E-state index contributed by atoms with van der Waals surface area (Å²) in [6.45, 7) is 5.98. The molecule has 0 unspecified atom stereocenters. The molecule has 0 spiro atoms. The van der Waals surface area contributed by atoms with Crippen molar-refractivity contribution in [3.05, 3.63) is 84.3 Å². The Kier molecular flexibility index (Phi) is 7.12. The minimum absolute atomic E-state index is 0.0933. The van der Waals surface area contributed by atoms with Crippen molar-refractivity contribution in [2.24, 2.45) is 5.92 Å². The van der Waals surface area contributed by atoms with Crippen molar-refractivity contribution in [1.29, 1.82) is 0 Å². The zero-order chi connectivity index (χ0) is 19.8. The van der Waals surface area contributed by atoms with E-state index in [-0.39, 0.29) is 12.6 Å². The summed E-state index contributed by atoms with van der Waals surface area (Å²) in [5.41, 5.74) is 2.41. The number of ether oxygens (including phenoxy) is 1. The van der Waals surface area contributed by atoms with E-state index in [4.69, 9.17) is 4.74 Å². The van der Waals surface area contributed by atoms with Gasteiger partial charge in [-0.05, 0) is 29.2 Å². The van der Waals surface area contributed by atoms with Gasteiger partial charge in [-0.15, -0.1) is 0 Å². The second kappa shape index (κ2) is 9.97. The summed E-state index contributed by atoms with van der Waals surface area (Å²) in [5, 5.41) is 9.96. The van der Waals surface area contributed by atoms with Crippen molar-refractivity contribution in [1.82, 2.24) is 14.9 Å². The molecule has 1 aromatic heterocycles. The van der Waals surface area contributed by atoms with E-state index in [1.165, 1.54) is 11.1 Å². The Balaban J connectivity index is 1.72. The first-order valence-corrected chi connectivity index (χ1v) is 9.57. The fourth-order valence-electron chi connectivity index (χ4n) is 3.21. The van der Waals surface area contributed by atoms with E-state index in [0.29, 0.717) is 11.8 Å². The van der Waals surface area contributed by atoms with Crippen molar-refractivity contribution in [2.45, 2.75) is 33.0 Å². The molecular formula is C23H27N3O2. The van der Waals surface area contributed by atoms with Crippen LogP contribution >= 0.6 is 0 Å². The number of nitrogens with zero attached hydrogens (tertiary/aromatic N) is 3. The van der Waals surface area contributed by atoms with Gasteiger partial charge in [-0.25, -0.2) is 4.98 Å². The summed E-state index contributed by atoms with van der Waals surface area (Å²) >= 11 is 0. The number of benzene rings is 2. The van der Waals surface area contributed by atoms with Crippen molar-refractivity contribution in [3.8, 4) is 11.6 Å². The molecule has 0 bridgehead atoms. The summed E-state index contributed by atoms with van der Waals surface area (Å²) in [6, 6.07) is 18.5. The van der Waals surface area contributed by atoms with Crippen molar-refractivity contribution >= 4 is 0 Å². The number of aromatic nitrogens is 2. The van der Waals surface area contributed by atoms with Crippen LogP contribution in [0.3, 0.4) is 0 Å². The average molecular weight is 377 g/mol. The average Bonchev–Trinajstić information content (AvgIpc) is 2.71. The fourth-order valence-corrected chi connectivity index (χ4v) is 3.21. The minimum Gasteiger partial charge on any atom is -0.438 e. The second-order valence-electron chi connectivity index (χ2n) is 7.17. The summed E-state index contributed by atoms with van der Waals surface area (Å²) in [4.78, 5) is 10.5. The van der Waals surface area contributed by atoms with Crippen LogP contribution in [0.15, 0.2) is 73.2 Å². The van der Waals surface area contributed by atoms with E-state index in [2.05, 4.69) is 65.1 Å². The molecule has 3 aromatic rings. The van der Waals surface area contributed by atoms with E-state index >= 15 is 0 Å². The number of hydrogen-bond donors (Lipinski definition) is 1. The molecular weight excluding hydrogens is 350 g/mol. The lowest BCUT2D eigenvalue weighted by Gasteiger charge is -2.33. The maximum Gasteiger partial charge on any atom is 0.237 e. The number of hydrogen-bond acceptors (Lipinski definition) is 5. The molecule has 5 heteroatoms. The van der Waals surface area contributed by atoms with Gasteiger partial charge in [-0.2, -0.15) is 0 Å². The van der Waals surface area contributed by atoms with E-state index in [1.807, 2.05) is 18.2 Å². The zero-order valence-electron chi connectivity index (χ0n) is 16.4. The largest absolute Gasteiger partial charge is 0.438 e. The zero-order valence-corrected chi connectivity index (χ0v) is 16.4.